The minimum atomic E-state index is -4.73. The smallest absolute Gasteiger partial charge is 0.367 e. The molecule has 0 aromatic heterocycles. The zero-order valence-corrected chi connectivity index (χ0v) is 11.1. The Morgan fingerprint density at radius 2 is 2.10 bits per heavy atom. The molecule has 0 amide bonds. The second kappa shape index (κ2) is 4.87. The fourth-order valence-electron chi connectivity index (χ4n) is 3.26. The van der Waals surface area contributed by atoms with Crippen LogP contribution in [0.25, 0.3) is 0 Å². The van der Waals surface area contributed by atoms with Crippen molar-refractivity contribution in [1.82, 2.24) is 5.32 Å². The van der Waals surface area contributed by atoms with Gasteiger partial charge in [0.2, 0.25) is 0 Å². The molecular weight excluding hydrogens is 287 g/mol. The highest BCUT2D eigenvalue weighted by Crippen LogP contribution is 2.40. The first-order chi connectivity index (χ1) is 9.88. The second-order valence-corrected chi connectivity index (χ2v) is 5.42. The Kier molecular flexibility index (Phi) is 3.27. The lowest BCUT2D eigenvalue weighted by molar-refractivity contribution is -0.388. The fraction of sp³-hybridized carbons (Fsp3) is 0.538. The SMILES string of the molecule is O=[N+]([O-])c1ccc(N2CC[C@H]3CNC[C@H]32)cc1C(F)(F)F. The van der Waals surface area contributed by atoms with Crippen LogP contribution >= 0.6 is 0 Å². The summed E-state index contributed by atoms with van der Waals surface area (Å²) in [5.41, 5.74) is -1.67. The van der Waals surface area contributed by atoms with Crippen LogP contribution in [0.4, 0.5) is 24.5 Å². The van der Waals surface area contributed by atoms with Crippen LogP contribution in [-0.4, -0.2) is 30.6 Å². The summed E-state index contributed by atoms with van der Waals surface area (Å²) in [6.07, 6.45) is -3.80. The average molecular weight is 301 g/mol. The highest BCUT2D eigenvalue weighted by molar-refractivity contribution is 5.58. The summed E-state index contributed by atoms with van der Waals surface area (Å²) in [4.78, 5) is 11.7. The Balaban J connectivity index is 1.99. The molecule has 1 aromatic rings. The number of benzene rings is 1. The Bertz CT molecular complexity index is 576. The molecule has 1 N–H and O–H groups in total. The summed E-state index contributed by atoms with van der Waals surface area (Å²) in [5.74, 6) is 0.439. The molecule has 114 valence electrons. The predicted octanol–water partition coefficient (Wildman–Crippen LogP) is 2.41. The summed E-state index contributed by atoms with van der Waals surface area (Å²) in [6.45, 7) is 2.30. The van der Waals surface area contributed by atoms with Gasteiger partial charge in [0.1, 0.15) is 5.56 Å². The number of hydrogen-bond donors (Lipinski definition) is 1. The third-order valence-corrected chi connectivity index (χ3v) is 4.26. The van der Waals surface area contributed by atoms with Crippen LogP contribution in [0.3, 0.4) is 0 Å². The number of nitrogens with one attached hydrogen (secondary N) is 1. The number of nitrogens with zero attached hydrogens (tertiary/aromatic N) is 2. The van der Waals surface area contributed by atoms with E-state index in [1.807, 2.05) is 4.90 Å². The molecule has 0 aliphatic carbocycles. The Morgan fingerprint density at radius 1 is 1.33 bits per heavy atom. The summed E-state index contributed by atoms with van der Waals surface area (Å²) >= 11 is 0. The first kappa shape index (κ1) is 14.1. The van der Waals surface area contributed by atoms with E-state index in [1.165, 1.54) is 6.07 Å². The number of hydrogen-bond acceptors (Lipinski definition) is 4. The molecule has 0 radical (unpaired) electrons. The normalized spacial score (nSPS) is 25.2. The van der Waals surface area contributed by atoms with Crippen LogP contribution in [0.15, 0.2) is 18.2 Å². The Morgan fingerprint density at radius 3 is 2.76 bits per heavy atom. The van der Waals surface area contributed by atoms with Crippen LogP contribution in [0.5, 0.6) is 0 Å². The van der Waals surface area contributed by atoms with E-state index < -0.39 is 22.4 Å². The Labute approximate surface area is 118 Å². The lowest BCUT2D eigenvalue weighted by Gasteiger charge is -2.26. The van der Waals surface area contributed by atoms with Crippen molar-refractivity contribution in [2.24, 2.45) is 5.92 Å². The minimum Gasteiger partial charge on any atom is -0.367 e. The van der Waals surface area contributed by atoms with Crippen LogP contribution in [-0.2, 0) is 6.18 Å². The molecule has 2 atom stereocenters. The molecule has 1 aromatic carbocycles. The molecule has 21 heavy (non-hydrogen) atoms. The van der Waals surface area contributed by atoms with E-state index in [-0.39, 0.29) is 6.04 Å². The van der Waals surface area contributed by atoms with Crippen molar-refractivity contribution in [3.8, 4) is 0 Å². The van der Waals surface area contributed by atoms with Gasteiger partial charge >= 0.3 is 6.18 Å². The van der Waals surface area contributed by atoms with Gasteiger partial charge in [-0.2, -0.15) is 13.2 Å². The van der Waals surface area contributed by atoms with E-state index >= 15 is 0 Å². The molecule has 2 saturated heterocycles. The van der Waals surface area contributed by atoms with Gasteiger partial charge in [-0.25, -0.2) is 0 Å². The number of alkyl halides is 3. The number of nitro benzene ring substituents is 1. The highest BCUT2D eigenvalue weighted by atomic mass is 19.4. The topological polar surface area (TPSA) is 58.4 Å². The van der Waals surface area contributed by atoms with Crippen molar-refractivity contribution >= 4 is 11.4 Å². The monoisotopic (exact) mass is 301 g/mol. The van der Waals surface area contributed by atoms with E-state index in [9.17, 15) is 23.3 Å². The zero-order chi connectivity index (χ0) is 15.2. The maximum Gasteiger partial charge on any atom is 0.423 e. The van der Waals surface area contributed by atoms with Gasteiger partial charge in [-0.15, -0.1) is 0 Å². The summed E-state index contributed by atoms with van der Waals surface area (Å²) < 4.78 is 39.0. The summed E-state index contributed by atoms with van der Waals surface area (Å²) in [6, 6.07) is 3.44. The van der Waals surface area contributed by atoms with Crippen LogP contribution in [0.2, 0.25) is 0 Å². The first-order valence-electron chi connectivity index (χ1n) is 6.71. The molecule has 3 rings (SSSR count). The van der Waals surface area contributed by atoms with Crippen molar-refractivity contribution in [1.29, 1.82) is 0 Å². The lowest BCUT2D eigenvalue weighted by atomic mass is 10.0. The molecule has 5 nitrogen and oxygen atoms in total. The third-order valence-electron chi connectivity index (χ3n) is 4.26. The first-order valence-corrected chi connectivity index (χ1v) is 6.71. The van der Waals surface area contributed by atoms with Gasteiger partial charge < -0.3 is 10.2 Å². The Hall–Kier alpha value is -1.83. The second-order valence-electron chi connectivity index (χ2n) is 5.42. The van der Waals surface area contributed by atoms with E-state index in [2.05, 4.69) is 5.32 Å². The van der Waals surface area contributed by atoms with Crippen LogP contribution in [0, 0.1) is 16.0 Å². The molecule has 0 unspecified atom stereocenters. The molecule has 2 heterocycles. The number of anilines is 1. The molecule has 0 saturated carbocycles. The van der Waals surface area contributed by atoms with Gasteiger partial charge in [-0.3, -0.25) is 10.1 Å². The minimum absolute atomic E-state index is 0.174. The molecule has 0 spiro atoms. The van der Waals surface area contributed by atoms with Gasteiger partial charge in [-0.1, -0.05) is 0 Å². The van der Waals surface area contributed by atoms with Crippen LogP contribution in [0.1, 0.15) is 12.0 Å². The third kappa shape index (κ3) is 2.44. The number of rotatable bonds is 2. The highest BCUT2D eigenvalue weighted by Gasteiger charge is 2.41. The summed E-state index contributed by atoms with van der Waals surface area (Å²) in [5, 5.41) is 14.0. The van der Waals surface area contributed by atoms with E-state index in [1.54, 1.807) is 0 Å². The van der Waals surface area contributed by atoms with Crippen molar-refractivity contribution in [2.45, 2.75) is 18.6 Å². The van der Waals surface area contributed by atoms with Crippen molar-refractivity contribution in [3.05, 3.63) is 33.9 Å². The molecule has 0 bridgehead atoms. The largest absolute Gasteiger partial charge is 0.423 e. The average Bonchev–Trinajstić information content (AvgIpc) is 2.99. The van der Waals surface area contributed by atoms with Crippen molar-refractivity contribution in [2.75, 3.05) is 24.5 Å². The number of halogens is 3. The van der Waals surface area contributed by atoms with Gasteiger partial charge in [-0.05, 0) is 24.5 Å². The summed E-state index contributed by atoms with van der Waals surface area (Å²) in [7, 11) is 0. The van der Waals surface area contributed by atoms with Crippen LogP contribution < -0.4 is 10.2 Å². The molecule has 2 fully saturated rings. The van der Waals surface area contributed by atoms with Gasteiger partial charge in [0.25, 0.3) is 5.69 Å². The van der Waals surface area contributed by atoms with E-state index in [0.717, 1.165) is 31.6 Å². The number of fused-ring (bicyclic) bond motifs is 1. The maximum absolute atomic E-state index is 13.0. The van der Waals surface area contributed by atoms with Gasteiger partial charge in [0.05, 0.1) is 4.92 Å². The van der Waals surface area contributed by atoms with Gasteiger partial charge in [0, 0.05) is 37.4 Å². The standard InChI is InChI=1S/C13H14F3N3O2/c14-13(15,16)10-5-9(1-2-11(10)19(20)21)18-4-3-8-6-17-7-12(8)18/h1-2,5,8,12,17H,3-4,6-7H2/t8-,12+/m0/s1. The van der Waals surface area contributed by atoms with Crippen molar-refractivity contribution < 1.29 is 18.1 Å². The zero-order valence-electron chi connectivity index (χ0n) is 11.1. The molecule has 2 aliphatic rings. The predicted molar refractivity (Wildman–Crippen MR) is 70.2 cm³/mol. The fourth-order valence-corrected chi connectivity index (χ4v) is 3.26. The van der Waals surface area contributed by atoms with E-state index in [0.29, 0.717) is 18.2 Å². The lowest BCUT2D eigenvalue weighted by Crippen LogP contribution is -2.34. The van der Waals surface area contributed by atoms with E-state index in [4.69, 9.17) is 0 Å². The quantitative estimate of drug-likeness (QED) is 0.673. The molecular formula is C13H14F3N3O2. The number of nitro groups is 1. The molecule has 2 aliphatic heterocycles. The maximum atomic E-state index is 13.0. The van der Waals surface area contributed by atoms with Crippen molar-refractivity contribution in [3.63, 3.8) is 0 Å². The molecule has 8 heteroatoms. The van der Waals surface area contributed by atoms with Gasteiger partial charge in [0.15, 0.2) is 0 Å².